The standard InChI is InChI=1S/C9H19NO2/c1-12-6-8(11)9(7-10)4-2-3-5-9/h8,11H,2-7,10H2,1H3/t8-/m0/s1. The van der Waals surface area contributed by atoms with Crippen molar-refractivity contribution in [2.75, 3.05) is 20.3 Å². The molecule has 3 N–H and O–H groups in total. The van der Waals surface area contributed by atoms with E-state index in [4.69, 9.17) is 10.5 Å². The zero-order chi connectivity index (χ0) is 9.03. The molecule has 0 aromatic heterocycles. The van der Waals surface area contributed by atoms with E-state index < -0.39 is 0 Å². The van der Waals surface area contributed by atoms with Crippen molar-refractivity contribution in [3.63, 3.8) is 0 Å². The highest BCUT2D eigenvalue weighted by molar-refractivity contribution is 4.91. The molecule has 0 heterocycles. The molecule has 1 saturated carbocycles. The highest BCUT2D eigenvalue weighted by atomic mass is 16.5. The molecule has 1 aliphatic rings. The van der Waals surface area contributed by atoms with E-state index in [0.717, 1.165) is 12.8 Å². The van der Waals surface area contributed by atoms with E-state index in [1.165, 1.54) is 12.8 Å². The first-order chi connectivity index (χ1) is 5.75. The summed E-state index contributed by atoms with van der Waals surface area (Å²) in [5.41, 5.74) is 5.64. The van der Waals surface area contributed by atoms with Crippen molar-refractivity contribution < 1.29 is 9.84 Å². The molecule has 3 nitrogen and oxygen atoms in total. The number of ether oxygens (including phenoxy) is 1. The van der Waals surface area contributed by atoms with Crippen molar-refractivity contribution in [3.05, 3.63) is 0 Å². The van der Waals surface area contributed by atoms with Crippen LogP contribution in [0.1, 0.15) is 25.7 Å². The van der Waals surface area contributed by atoms with Crippen LogP contribution in [0.15, 0.2) is 0 Å². The normalized spacial score (nSPS) is 24.2. The summed E-state index contributed by atoms with van der Waals surface area (Å²) in [4.78, 5) is 0. The number of hydrogen-bond donors (Lipinski definition) is 2. The minimum absolute atomic E-state index is 0.0456. The topological polar surface area (TPSA) is 55.5 Å². The largest absolute Gasteiger partial charge is 0.390 e. The molecule has 0 unspecified atom stereocenters. The first-order valence-corrected chi connectivity index (χ1v) is 4.62. The molecule has 1 rings (SSSR count). The van der Waals surface area contributed by atoms with Crippen molar-refractivity contribution in [1.29, 1.82) is 0 Å². The molecule has 1 fully saturated rings. The predicted molar refractivity (Wildman–Crippen MR) is 47.8 cm³/mol. The third-order valence-electron chi connectivity index (χ3n) is 3.04. The zero-order valence-electron chi connectivity index (χ0n) is 7.75. The number of nitrogens with two attached hydrogens (primary N) is 1. The van der Waals surface area contributed by atoms with E-state index in [1.54, 1.807) is 7.11 Å². The van der Waals surface area contributed by atoms with Gasteiger partial charge in [0.25, 0.3) is 0 Å². The molecule has 0 amide bonds. The fourth-order valence-corrected chi connectivity index (χ4v) is 2.09. The van der Waals surface area contributed by atoms with Gasteiger partial charge in [-0.15, -0.1) is 0 Å². The highest BCUT2D eigenvalue weighted by Gasteiger charge is 2.39. The lowest BCUT2D eigenvalue weighted by Crippen LogP contribution is -2.42. The van der Waals surface area contributed by atoms with Crippen LogP contribution in [0, 0.1) is 5.41 Å². The SMILES string of the molecule is COC[C@H](O)C1(CN)CCCC1. The first-order valence-electron chi connectivity index (χ1n) is 4.62. The van der Waals surface area contributed by atoms with Crippen LogP contribution >= 0.6 is 0 Å². The van der Waals surface area contributed by atoms with Crippen LogP contribution < -0.4 is 5.73 Å². The van der Waals surface area contributed by atoms with Gasteiger partial charge in [-0.2, -0.15) is 0 Å². The summed E-state index contributed by atoms with van der Waals surface area (Å²) in [7, 11) is 1.61. The minimum Gasteiger partial charge on any atom is -0.390 e. The second-order valence-corrected chi connectivity index (χ2v) is 3.74. The fraction of sp³-hybridized carbons (Fsp3) is 1.00. The van der Waals surface area contributed by atoms with Crippen LogP contribution in [-0.2, 0) is 4.74 Å². The third-order valence-corrected chi connectivity index (χ3v) is 3.04. The Kier molecular flexibility index (Phi) is 3.50. The Bertz CT molecular complexity index is 132. The van der Waals surface area contributed by atoms with Crippen molar-refractivity contribution in [2.24, 2.45) is 11.1 Å². The van der Waals surface area contributed by atoms with Gasteiger partial charge in [0, 0.05) is 19.1 Å². The Morgan fingerprint density at radius 3 is 2.50 bits per heavy atom. The van der Waals surface area contributed by atoms with Crippen molar-refractivity contribution in [2.45, 2.75) is 31.8 Å². The lowest BCUT2D eigenvalue weighted by Gasteiger charge is -2.32. The van der Waals surface area contributed by atoms with Gasteiger partial charge in [0.05, 0.1) is 12.7 Å². The van der Waals surface area contributed by atoms with Gasteiger partial charge in [0.2, 0.25) is 0 Å². The monoisotopic (exact) mass is 173 g/mol. The molecule has 12 heavy (non-hydrogen) atoms. The number of aliphatic hydroxyl groups is 1. The van der Waals surface area contributed by atoms with Crippen molar-refractivity contribution in [1.82, 2.24) is 0 Å². The van der Waals surface area contributed by atoms with Crippen LogP contribution in [-0.4, -0.2) is 31.5 Å². The van der Waals surface area contributed by atoms with E-state index in [0.29, 0.717) is 13.2 Å². The Hall–Kier alpha value is -0.120. The second-order valence-electron chi connectivity index (χ2n) is 3.74. The van der Waals surface area contributed by atoms with Gasteiger partial charge in [-0.25, -0.2) is 0 Å². The summed E-state index contributed by atoms with van der Waals surface area (Å²) in [5.74, 6) is 0. The molecule has 0 saturated heterocycles. The van der Waals surface area contributed by atoms with Crippen LogP contribution in [0.5, 0.6) is 0 Å². The van der Waals surface area contributed by atoms with Crippen LogP contribution in [0.4, 0.5) is 0 Å². The second kappa shape index (κ2) is 4.21. The number of aliphatic hydroxyl groups excluding tert-OH is 1. The molecule has 3 heteroatoms. The molecule has 1 aliphatic carbocycles. The Morgan fingerprint density at radius 1 is 1.50 bits per heavy atom. The first kappa shape index (κ1) is 9.96. The maximum Gasteiger partial charge on any atom is 0.0841 e. The van der Waals surface area contributed by atoms with Crippen molar-refractivity contribution >= 4 is 0 Å². The summed E-state index contributed by atoms with van der Waals surface area (Å²) in [6, 6.07) is 0. The van der Waals surface area contributed by atoms with Gasteiger partial charge >= 0.3 is 0 Å². The summed E-state index contributed by atoms with van der Waals surface area (Å²) < 4.78 is 4.94. The average molecular weight is 173 g/mol. The molecule has 0 spiro atoms. The van der Waals surface area contributed by atoms with Crippen LogP contribution in [0.3, 0.4) is 0 Å². The molecule has 0 radical (unpaired) electrons. The number of hydrogen-bond acceptors (Lipinski definition) is 3. The fourth-order valence-electron chi connectivity index (χ4n) is 2.09. The summed E-state index contributed by atoms with van der Waals surface area (Å²) in [6.45, 7) is 0.995. The predicted octanol–water partition coefficient (Wildman–Crippen LogP) is 0.513. The molecule has 0 aromatic rings. The van der Waals surface area contributed by atoms with Gasteiger partial charge in [-0.1, -0.05) is 12.8 Å². The molecule has 0 aliphatic heterocycles. The molecule has 0 aromatic carbocycles. The molecular formula is C9H19NO2. The van der Waals surface area contributed by atoms with E-state index in [9.17, 15) is 5.11 Å². The maximum absolute atomic E-state index is 9.79. The van der Waals surface area contributed by atoms with Gasteiger partial charge in [0.1, 0.15) is 0 Å². The summed E-state index contributed by atoms with van der Waals surface area (Å²) >= 11 is 0. The summed E-state index contributed by atoms with van der Waals surface area (Å²) in [6.07, 6.45) is 4.10. The third kappa shape index (κ3) is 1.79. The zero-order valence-corrected chi connectivity index (χ0v) is 7.75. The van der Waals surface area contributed by atoms with Gasteiger partial charge in [-0.05, 0) is 12.8 Å². The number of methoxy groups -OCH3 is 1. The smallest absolute Gasteiger partial charge is 0.0841 e. The van der Waals surface area contributed by atoms with E-state index >= 15 is 0 Å². The molecule has 72 valence electrons. The minimum atomic E-state index is -0.380. The Labute approximate surface area is 73.9 Å². The molecule has 1 atom stereocenters. The highest BCUT2D eigenvalue weighted by Crippen LogP contribution is 2.40. The molecule has 0 bridgehead atoms. The van der Waals surface area contributed by atoms with E-state index in [-0.39, 0.29) is 11.5 Å². The van der Waals surface area contributed by atoms with Gasteiger partial charge < -0.3 is 15.6 Å². The van der Waals surface area contributed by atoms with Gasteiger partial charge in [-0.3, -0.25) is 0 Å². The summed E-state index contributed by atoms with van der Waals surface area (Å²) in [5, 5.41) is 9.79. The van der Waals surface area contributed by atoms with Crippen LogP contribution in [0.25, 0.3) is 0 Å². The lowest BCUT2D eigenvalue weighted by molar-refractivity contribution is -0.0224. The molecular weight excluding hydrogens is 154 g/mol. The van der Waals surface area contributed by atoms with Crippen molar-refractivity contribution in [3.8, 4) is 0 Å². The Balaban J connectivity index is 2.52. The average Bonchev–Trinajstić information content (AvgIpc) is 2.54. The van der Waals surface area contributed by atoms with Gasteiger partial charge in [0.15, 0.2) is 0 Å². The quantitative estimate of drug-likeness (QED) is 0.651. The lowest BCUT2D eigenvalue weighted by atomic mass is 9.81. The maximum atomic E-state index is 9.79. The van der Waals surface area contributed by atoms with E-state index in [2.05, 4.69) is 0 Å². The number of rotatable bonds is 4. The Morgan fingerprint density at radius 2 is 2.08 bits per heavy atom. The van der Waals surface area contributed by atoms with Crippen LogP contribution in [0.2, 0.25) is 0 Å². The van der Waals surface area contributed by atoms with E-state index in [1.807, 2.05) is 0 Å².